The fourth-order valence-corrected chi connectivity index (χ4v) is 3.28. The molecule has 0 aliphatic heterocycles. The highest BCUT2D eigenvalue weighted by Gasteiger charge is 2.30. The summed E-state index contributed by atoms with van der Waals surface area (Å²) in [5.41, 5.74) is 0.714. The third kappa shape index (κ3) is 5.86. The highest BCUT2D eigenvalue weighted by Crippen LogP contribution is 2.31. The molecule has 1 N–H and O–H groups in total. The molecule has 170 valence electrons. The van der Waals surface area contributed by atoms with Crippen LogP contribution in [0, 0.1) is 13.8 Å². The summed E-state index contributed by atoms with van der Waals surface area (Å²) in [7, 11) is 0. The summed E-state index contributed by atoms with van der Waals surface area (Å²) in [6.07, 6.45) is -4.46. The van der Waals surface area contributed by atoms with Crippen molar-refractivity contribution < 1.29 is 27.4 Å². The molecule has 0 spiro atoms. The zero-order chi connectivity index (χ0) is 23.5. The van der Waals surface area contributed by atoms with Crippen LogP contribution < -0.4 is 14.8 Å². The number of carbonyl (C=O) groups excluding carboxylic acids is 1. The van der Waals surface area contributed by atoms with E-state index in [4.69, 9.17) is 32.7 Å². The Bertz CT molecular complexity index is 1130. The lowest BCUT2D eigenvalue weighted by Crippen LogP contribution is -2.21. The van der Waals surface area contributed by atoms with Crippen LogP contribution in [0.1, 0.15) is 17.0 Å². The van der Waals surface area contributed by atoms with Gasteiger partial charge < -0.3 is 14.8 Å². The number of ether oxygens (including phenoxy) is 2. The molecule has 1 heterocycles. The SMILES string of the molecule is Cc1nn(COc2cccc(C(F)(F)F)c2)c(C)c1NC(=O)COc1ccc(Cl)cc1Cl. The number of nitrogens with zero attached hydrogens (tertiary/aromatic N) is 2. The number of anilines is 1. The highest BCUT2D eigenvalue weighted by atomic mass is 35.5. The summed E-state index contributed by atoms with van der Waals surface area (Å²) >= 11 is 11.8. The lowest BCUT2D eigenvalue weighted by Gasteiger charge is -2.11. The Morgan fingerprint density at radius 1 is 1.12 bits per heavy atom. The van der Waals surface area contributed by atoms with E-state index >= 15 is 0 Å². The van der Waals surface area contributed by atoms with Crippen LogP contribution in [0.2, 0.25) is 10.0 Å². The number of alkyl halides is 3. The van der Waals surface area contributed by atoms with Crippen LogP contribution in [-0.2, 0) is 17.7 Å². The minimum absolute atomic E-state index is 0.0474. The van der Waals surface area contributed by atoms with E-state index in [1.54, 1.807) is 26.0 Å². The van der Waals surface area contributed by atoms with Gasteiger partial charge in [0.15, 0.2) is 13.3 Å². The number of aryl methyl sites for hydroxylation is 1. The number of aromatic nitrogens is 2. The Balaban J connectivity index is 1.62. The number of nitrogens with one attached hydrogen (secondary N) is 1. The number of hydrogen-bond donors (Lipinski definition) is 1. The first kappa shape index (κ1) is 23.7. The standard InChI is InChI=1S/C21H18Cl2F3N3O3/c1-12-20(27-19(30)10-31-18-7-6-15(22)9-17(18)23)13(2)29(28-12)11-32-16-5-3-4-14(8-16)21(24,25)26/h3-9H,10-11H2,1-2H3,(H,27,30). The predicted octanol–water partition coefficient (Wildman–Crippen LogP) is 5.88. The van der Waals surface area contributed by atoms with Gasteiger partial charge in [-0.05, 0) is 50.2 Å². The van der Waals surface area contributed by atoms with Gasteiger partial charge in [0, 0.05) is 5.02 Å². The molecule has 0 bridgehead atoms. The van der Waals surface area contributed by atoms with Crippen molar-refractivity contribution in [2.45, 2.75) is 26.8 Å². The zero-order valence-electron chi connectivity index (χ0n) is 17.0. The smallest absolute Gasteiger partial charge is 0.416 e. The fourth-order valence-electron chi connectivity index (χ4n) is 2.81. The fraction of sp³-hybridized carbons (Fsp3) is 0.238. The summed E-state index contributed by atoms with van der Waals surface area (Å²) in [6.45, 7) is 2.94. The molecule has 3 rings (SSSR count). The van der Waals surface area contributed by atoms with Gasteiger partial charge in [-0.2, -0.15) is 18.3 Å². The summed E-state index contributed by atoms with van der Waals surface area (Å²) < 4.78 is 50.8. The Labute approximate surface area is 191 Å². The molecule has 0 saturated heterocycles. The van der Waals surface area contributed by atoms with Crippen molar-refractivity contribution >= 4 is 34.8 Å². The molecule has 0 fully saturated rings. The monoisotopic (exact) mass is 487 g/mol. The van der Waals surface area contributed by atoms with Crippen molar-refractivity contribution in [3.05, 3.63) is 69.5 Å². The van der Waals surface area contributed by atoms with E-state index in [1.807, 2.05) is 0 Å². The van der Waals surface area contributed by atoms with Gasteiger partial charge in [-0.15, -0.1) is 0 Å². The lowest BCUT2D eigenvalue weighted by atomic mass is 10.2. The second kappa shape index (κ2) is 9.70. The average Bonchev–Trinajstić information content (AvgIpc) is 2.99. The van der Waals surface area contributed by atoms with Crippen LogP contribution in [0.4, 0.5) is 18.9 Å². The van der Waals surface area contributed by atoms with Crippen molar-refractivity contribution in [2.75, 3.05) is 11.9 Å². The molecule has 0 radical (unpaired) electrons. The third-order valence-electron chi connectivity index (χ3n) is 4.41. The number of carbonyl (C=O) groups is 1. The maximum absolute atomic E-state index is 12.8. The number of amides is 1. The average molecular weight is 488 g/mol. The maximum atomic E-state index is 12.8. The second-order valence-corrected chi connectivity index (χ2v) is 7.60. The van der Waals surface area contributed by atoms with E-state index in [0.29, 0.717) is 27.8 Å². The van der Waals surface area contributed by atoms with Gasteiger partial charge in [-0.1, -0.05) is 29.3 Å². The van der Waals surface area contributed by atoms with Crippen LogP contribution in [0.3, 0.4) is 0 Å². The van der Waals surface area contributed by atoms with E-state index in [2.05, 4.69) is 10.4 Å². The van der Waals surface area contributed by atoms with Crippen LogP contribution in [0.15, 0.2) is 42.5 Å². The molecule has 11 heteroatoms. The van der Waals surface area contributed by atoms with Crippen LogP contribution in [0.5, 0.6) is 11.5 Å². The van der Waals surface area contributed by atoms with E-state index < -0.39 is 17.6 Å². The van der Waals surface area contributed by atoms with Gasteiger partial charge in [-0.3, -0.25) is 4.79 Å². The molecule has 6 nitrogen and oxygen atoms in total. The molecule has 32 heavy (non-hydrogen) atoms. The topological polar surface area (TPSA) is 65.4 Å². The zero-order valence-corrected chi connectivity index (χ0v) is 18.5. The molecular formula is C21H18Cl2F3N3O3. The van der Waals surface area contributed by atoms with Gasteiger partial charge in [0.2, 0.25) is 0 Å². The Hall–Kier alpha value is -2.91. The number of benzene rings is 2. The predicted molar refractivity (Wildman–Crippen MR) is 114 cm³/mol. The Morgan fingerprint density at radius 3 is 2.56 bits per heavy atom. The molecule has 0 aliphatic rings. The molecule has 0 aliphatic carbocycles. The van der Waals surface area contributed by atoms with E-state index in [1.165, 1.54) is 22.9 Å². The summed E-state index contributed by atoms with van der Waals surface area (Å²) in [6, 6.07) is 9.19. The lowest BCUT2D eigenvalue weighted by molar-refractivity contribution is -0.137. The quantitative estimate of drug-likeness (QED) is 0.451. The largest absolute Gasteiger partial charge is 0.482 e. The van der Waals surface area contributed by atoms with Crippen LogP contribution in [-0.4, -0.2) is 22.3 Å². The number of halogens is 5. The third-order valence-corrected chi connectivity index (χ3v) is 4.94. The molecule has 0 atom stereocenters. The first-order valence-electron chi connectivity index (χ1n) is 9.26. The summed E-state index contributed by atoms with van der Waals surface area (Å²) in [4.78, 5) is 12.3. The highest BCUT2D eigenvalue weighted by molar-refractivity contribution is 6.35. The van der Waals surface area contributed by atoms with Gasteiger partial charge in [0.1, 0.15) is 11.5 Å². The van der Waals surface area contributed by atoms with Crippen molar-refractivity contribution in [3.63, 3.8) is 0 Å². The first-order valence-corrected chi connectivity index (χ1v) is 10.0. The van der Waals surface area contributed by atoms with Crippen molar-refractivity contribution in [1.82, 2.24) is 9.78 Å². The van der Waals surface area contributed by atoms with Crippen molar-refractivity contribution in [2.24, 2.45) is 0 Å². The van der Waals surface area contributed by atoms with Gasteiger partial charge in [-0.25, -0.2) is 4.68 Å². The van der Waals surface area contributed by atoms with Gasteiger partial charge >= 0.3 is 6.18 Å². The Morgan fingerprint density at radius 2 is 1.88 bits per heavy atom. The summed E-state index contributed by atoms with van der Waals surface area (Å²) in [5.74, 6) is -0.0865. The van der Waals surface area contributed by atoms with Gasteiger partial charge in [0.25, 0.3) is 5.91 Å². The van der Waals surface area contributed by atoms with Crippen LogP contribution in [0.25, 0.3) is 0 Å². The van der Waals surface area contributed by atoms with Gasteiger partial charge in [0.05, 0.1) is 27.7 Å². The van der Waals surface area contributed by atoms with Crippen LogP contribution >= 0.6 is 23.2 Å². The first-order chi connectivity index (χ1) is 15.0. The molecule has 0 unspecified atom stereocenters. The molecule has 1 amide bonds. The second-order valence-electron chi connectivity index (χ2n) is 6.76. The number of hydrogen-bond acceptors (Lipinski definition) is 4. The van der Waals surface area contributed by atoms with E-state index in [0.717, 1.165) is 12.1 Å². The molecule has 0 saturated carbocycles. The minimum atomic E-state index is -4.46. The number of rotatable bonds is 7. The maximum Gasteiger partial charge on any atom is 0.416 e. The van der Waals surface area contributed by atoms with Crippen molar-refractivity contribution in [1.29, 1.82) is 0 Å². The normalized spacial score (nSPS) is 11.3. The molecule has 2 aromatic carbocycles. The van der Waals surface area contributed by atoms with Crippen molar-refractivity contribution in [3.8, 4) is 11.5 Å². The Kier molecular flexibility index (Phi) is 7.20. The summed E-state index contributed by atoms with van der Waals surface area (Å²) in [5, 5.41) is 7.69. The molecule has 3 aromatic rings. The molecular weight excluding hydrogens is 470 g/mol. The van der Waals surface area contributed by atoms with E-state index in [-0.39, 0.29) is 24.1 Å². The molecule has 1 aromatic heterocycles. The van der Waals surface area contributed by atoms with E-state index in [9.17, 15) is 18.0 Å². The minimum Gasteiger partial charge on any atom is -0.482 e.